The zero-order valence-corrected chi connectivity index (χ0v) is 24.6. The Morgan fingerprint density at radius 1 is 1.23 bits per heavy atom. The van der Waals surface area contributed by atoms with Gasteiger partial charge in [-0.3, -0.25) is 4.79 Å². The van der Waals surface area contributed by atoms with Crippen LogP contribution in [0.4, 0.5) is 24.1 Å². The second-order valence-electron chi connectivity index (χ2n) is 10.0. The monoisotopic (exact) mass is 642 g/mol. The third kappa shape index (κ3) is 6.78. The van der Waals surface area contributed by atoms with Crippen LogP contribution in [-0.2, 0) is 30.8 Å². The van der Waals surface area contributed by atoms with Crippen LogP contribution in [0.15, 0.2) is 34.8 Å². The predicted molar refractivity (Wildman–Crippen MR) is 151 cm³/mol. The number of benzene rings is 1. The molecule has 3 N–H and O–H groups in total. The summed E-state index contributed by atoms with van der Waals surface area (Å²) in [7, 11) is -4.13. The minimum atomic E-state index is -5.06. The average Bonchev–Trinajstić information content (AvgIpc) is 3.70. The third-order valence-electron chi connectivity index (χ3n) is 7.20. The van der Waals surface area contributed by atoms with Crippen LogP contribution in [0.3, 0.4) is 0 Å². The topological polar surface area (TPSA) is 157 Å². The number of amides is 1. The number of likely N-dealkylation sites (tertiary alicyclic amines) is 1. The lowest BCUT2D eigenvalue weighted by Crippen LogP contribution is -2.48. The van der Waals surface area contributed by atoms with Gasteiger partial charge in [-0.05, 0) is 55.3 Å². The highest BCUT2D eigenvalue weighted by Gasteiger charge is 2.42. The Morgan fingerprint density at radius 2 is 1.98 bits per heavy atom. The van der Waals surface area contributed by atoms with Crippen molar-refractivity contribution in [3.05, 3.63) is 36.2 Å². The van der Waals surface area contributed by atoms with Crippen molar-refractivity contribution in [2.24, 2.45) is 0 Å². The Hall–Kier alpha value is -3.70. The SMILES string of the molecule is CCOC(=O)C(Cc1cc2ccnc(N)c2cc1OC(F)(F)F)N1CC[C@H](NS(=O)(=O)c2cnc(N3CCCC3)s2)C1=O. The molecule has 2 aliphatic rings. The fourth-order valence-electron chi connectivity index (χ4n) is 5.21. The van der Waals surface area contributed by atoms with Crippen molar-refractivity contribution in [2.75, 3.05) is 36.9 Å². The number of aromatic nitrogens is 2. The summed E-state index contributed by atoms with van der Waals surface area (Å²) in [6, 6.07) is 1.43. The Morgan fingerprint density at radius 3 is 2.67 bits per heavy atom. The van der Waals surface area contributed by atoms with E-state index in [1.165, 1.54) is 24.5 Å². The molecule has 2 atom stereocenters. The van der Waals surface area contributed by atoms with Gasteiger partial charge in [-0.1, -0.05) is 11.3 Å². The summed E-state index contributed by atoms with van der Waals surface area (Å²) in [5.41, 5.74) is 5.81. The molecule has 0 radical (unpaired) electrons. The number of thiazole rings is 1. The molecule has 1 amide bonds. The molecule has 0 spiro atoms. The molecule has 0 aliphatic carbocycles. The molecule has 43 heavy (non-hydrogen) atoms. The summed E-state index contributed by atoms with van der Waals surface area (Å²) in [5.74, 6) is -2.20. The van der Waals surface area contributed by atoms with Gasteiger partial charge in [0.1, 0.15) is 23.7 Å². The van der Waals surface area contributed by atoms with Crippen molar-refractivity contribution >= 4 is 55.0 Å². The van der Waals surface area contributed by atoms with E-state index >= 15 is 0 Å². The van der Waals surface area contributed by atoms with Crippen LogP contribution in [0.25, 0.3) is 10.8 Å². The number of nitrogens with zero attached hydrogens (tertiary/aromatic N) is 4. The van der Waals surface area contributed by atoms with Crippen molar-refractivity contribution in [1.29, 1.82) is 0 Å². The number of nitrogens with one attached hydrogen (secondary N) is 1. The quantitative estimate of drug-likeness (QED) is 0.315. The lowest BCUT2D eigenvalue weighted by atomic mass is 10.00. The van der Waals surface area contributed by atoms with E-state index in [0.717, 1.165) is 48.2 Å². The fourth-order valence-corrected chi connectivity index (χ4v) is 7.62. The number of pyridine rings is 1. The fraction of sp³-hybridized carbons (Fsp3) is 0.462. The Bertz CT molecular complexity index is 1630. The van der Waals surface area contributed by atoms with Gasteiger partial charge in [0.15, 0.2) is 9.34 Å². The highest BCUT2D eigenvalue weighted by molar-refractivity contribution is 7.91. The van der Waals surface area contributed by atoms with E-state index in [9.17, 15) is 31.2 Å². The predicted octanol–water partition coefficient (Wildman–Crippen LogP) is 2.83. The molecular weight excluding hydrogens is 613 g/mol. The van der Waals surface area contributed by atoms with E-state index in [-0.39, 0.29) is 40.5 Å². The standard InChI is InChI=1S/C26H29F3N6O6S2/c1-2-40-24(37)19(12-16-11-15-5-7-31-22(30)17(15)13-20(16)41-26(27,28)29)35-10-6-18(23(35)36)33-43(38,39)21-14-32-25(42-21)34-8-3-4-9-34/h5,7,11,13-14,18-19,33H,2-4,6,8-10,12H2,1H3,(H2,30,31)/t18-,19?/m0/s1. The lowest BCUT2D eigenvalue weighted by Gasteiger charge is -2.27. The number of hydrogen-bond donors (Lipinski definition) is 2. The zero-order valence-electron chi connectivity index (χ0n) is 23.0. The Kier molecular flexibility index (Phi) is 8.67. The summed E-state index contributed by atoms with van der Waals surface area (Å²) in [6.45, 7) is 3.01. The lowest BCUT2D eigenvalue weighted by molar-refractivity contribution is -0.274. The average molecular weight is 643 g/mol. The molecule has 0 bridgehead atoms. The highest BCUT2D eigenvalue weighted by atomic mass is 32.2. The Balaban J connectivity index is 1.40. The number of nitrogen functional groups attached to an aromatic ring is 1. The molecule has 12 nitrogen and oxygen atoms in total. The van der Waals surface area contributed by atoms with Crippen LogP contribution in [-0.4, -0.2) is 79.8 Å². The number of nitrogens with two attached hydrogens (primary N) is 1. The van der Waals surface area contributed by atoms with Gasteiger partial charge in [-0.2, -0.15) is 4.72 Å². The largest absolute Gasteiger partial charge is 0.573 e. The maximum atomic E-state index is 13.5. The van der Waals surface area contributed by atoms with E-state index in [1.807, 2.05) is 4.90 Å². The summed E-state index contributed by atoms with van der Waals surface area (Å²) < 4.78 is 78.1. The van der Waals surface area contributed by atoms with E-state index in [1.54, 1.807) is 6.92 Å². The first kappa shape index (κ1) is 30.7. The molecule has 2 aliphatic heterocycles. The van der Waals surface area contributed by atoms with Gasteiger partial charge in [-0.25, -0.2) is 23.2 Å². The van der Waals surface area contributed by atoms with Crippen molar-refractivity contribution in [3.8, 4) is 5.75 Å². The molecule has 2 aromatic heterocycles. The van der Waals surface area contributed by atoms with Gasteiger partial charge < -0.3 is 25.0 Å². The number of ether oxygens (including phenoxy) is 2. The van der Waals surface area contributed by atoms with Crippen LogP contribution in [0, 0.1) is 0 Å². The number of halogens is 3. The minimum Gasteiger partial charge on any atom is -0.464 e. The molecule has 232 valence electrons. The van der Waals surface area contributed by atoms with Gasteiger partial charge in [0.25, 0.3) is 10.0 Å². The summed E-state index contributed by atoms with van der Waals surface area (Å²) in [4.78, 5) is 37.8. The molecule has 0 saturated carbocycles. The van der Waals surface area contributed by atoms with Crippen molar-refractivity contribution in [2.45, 2.75) is 55.3 Å². The van der Waals surface area contributed by atoms with Gasteiger partial charge in [0.2, 0.25) is 5.91 Å². The first-order valence-corrected chi connectivity index (χ1v) is 15.8. The number of alkyl halides is 3. The summed E-state index contributed by atoms with van der Waals surface area (Å²) >= 11 is 0.996. The van der Waals surface area contributed by atoms with Crippen LogP contribution in [0.5, 0.6) is 5.75 Å². The highest BCUT2D eigenvalue weighted by Crippen LogP contribution is 2.35. The smallest absolute Gasteiger partial charge is 0.464 e. The number of anilines is 2. The molecule has 1 aromatic carbocycles. The van der Waals surface area contributed by atoms with Crippen LogP contribution in [0.1, 0.15) is 31.7 Å². The molecule has 3 aromatic rings. The first-order valence-electron chi connectivity index (χ1n) is 13.5. The van der Waals surface area contributed by atoms with E-state index in [4.69, 9.17) is 10.5 Å². The van der Waals surface area contributed by atoms with E-state index in [2.05, 4.69) is 19.4 Å². The molecular formula is C26H29F3N6O6S2. The molecule has 4 heterocycles. The number of hydrogen-bond acceptors (Lipinski definition) is 11. The Labute approximate surface area is 249 Å². The molecule has 2 saturated heterocycles. The minimum absolute atomic E-state index is 0.0173. The first-order chi connectivity index (χ1) is 20.4. The summed E-state index contributed by atoms with van der Waals surface area (Å²) in [6.07, 6.45) is -0.837. The number of carbonyl (C=O) groups is 2. The van der Waals surface area contributed by atoms with Gasteiger partial charge in [-0.15, -0.1) is 13.2 Å². The van der Waals surface area contributed by atoms with Gasteiger partial charge in [0.05, 0.1) is 12.8 Å². The van der Waals surface area contributed by atoms with Crippen LogP contribution < -0.4 is 20.1 Å². The zero-order chi connectivity index (χ0) is 30.9. The molecule has 17 heteroatoms. The van der Waals surface area contributed by atoms with Crippen molar-refractivity contribution < 1.29 is 40.7 Å². The van der Waals surface area contributed by atoms with Gasteiger partial charge in [0, 0.05) is 37.6 Å². The molecule has 1 unspecified atom stereocenters. The van der Waals surface area contributed by atoms with Crippen LogP contribution >= 0.6 is 11.3 Å². The number of sulfonamides is 1. The van der Waals surface area contributed by atoms with E-state index in [0.29, 0.717) is 10.5 Å². The molecule has 5 rings (SSSR count). The summed E-state index contributed by atoms with van der Waals surface area (Å²) in [5, 5.41) is 1.22. The third-order valence-corrected chi connectivity index (χ3v) is 10.2. The normalized spacial score (nSPS) is 18.4. The van der Waals surface area contributed by atoms with Crippen molar-refractivity contribution in [1.82, 2.24) is 19.6 Å². The second kappa shape index (κ2) is 12.1. The number of fused-ring (bicyclic) bond motifs is 1. The number of carbonyl (C=O) groups excluding carboxylic acids is 2. The number of esters is 1. The maximum Gasteiger partial charge on any atom is 0.573 e. The van der Waals surface area contributed by atoms with Crippen LogP contribution in [0.2, 0.25) is 0 Å². The maximum absolute atomic E-state index is 13.5. The number of rotatable bonds is 10. The van der Waals surface area contributed by atoms with Crippen molar-refractivity contribution in [3.63, 3.8) is 0 Å². The van der Waals surface area contributed by atoms with Gasteiger partial charge >= 0.3 is 12.3 Å². The molecule has 2 fully saturated rings. The second-order valence-corrected chi connectivity index (χ2v) is 13.0. The van der Waals surface area contributed by atoms with E-state index < -0.39 is 52.5 Å².